The fourth-order valence-electron chi connectivity index (χ4n) is 5.14. The largest absolute Gasteiger partial charge is 0.446 e. The molecule has 1 aliphatic carbocycles. The Morgan fingerprint density at radius 2 is 1.84 bits per heavy atom. The molecule has 1 saturated heterocycles. The average molecular weight is 432 g/mol. The van der Waals surface area contributed by atoms with Crippen molar-refractivity contribution in [2.75, 3.05) is 6.61 Å². The predicted octanol–water partition coefficient (Wildman–Crippen LogP) is 5.76. The molecule has 1 aromatic heterocycles. The number of pyridine rings is 1. The van der Waals surface area contributed by atoms with E-state index in [2.05, 4.69) is 4.98 Å². The topological polar surface area (TPSA) is 59.5 Å². The van der Waals surface area contributed by atoms with Crippen LogP contribution in [-0.4, -0.2) is 28.5 Å². The van der Waals surface area contributed by atoms with Gasteiger partial charge in [-0.2, -0.15) is 0 Å². The fraction of sp³-hybridized carbons (Fsp3) is 0.346. The number of halogens is 1. The first-order valence-corrected chi connectivity index (χ1v) is 11.2. The molecule has 0 spiro atoms. The van der Waals surface area contributed by atoms with Gasteiger partial charge in [-0.05, 0) is 72.9 Å². The molecule has 5 rings (SSSR count). The Labute approximate surface area is 186 Å². The van der Waals surface area contributed by atoms with Crippen molar-refractivity contribution in [3.05, 3.63) is 77.7 Å². The quantitative estimate of drug-likeness (QED) is 0.526. The highest BCUT2D eigenvalue weighted by Gasteiger charge is 2.39. The van der Waals surface area contributed by atoms with Crippen LogP contribution in [0.1, 0.15) is 55.2 Å². The molecule has 6 heteroatoms. The van der Waals surface area contributed by atoms with Gasteiger partial charge in [0.05, 0.1) is 5.52 Å². The maximum absolute atomic E-state index is 13.8. The van der Waals surface area contributed by atoms with Crippen molar-refractivity contribution < 1.29 is 18.7 Å². The molecule has 2 heterocycles. The summed E-state index contributed by atoms with van der Waals surface area (Å²) in [5, 5.41) is 0.873. The number of carbonyl (C=O) groups is 2. The zero-order valence-electron chi connectivity index (χ0n) is 17.7. The Bertz CT molecular complexity index is 1140. The molecule has 0 radical (unpaired) electrons. The van der Waals surface area contributed by atoms with Crippen molar-refractivity contribution >= 4 is 22.9 Å². The maximum Gasteiger partial charge on any atom is 0.417 e. The Morgan fingerprint density at radius 3 is 2.62 bits per heavy atom. The minimum atomic E-state index is -0.553. The van der Waals surface area contributed by atoms with Gasteiger partial charge in [-0.25, -0.2) is 14.1 Å². The Hall–Kier alpha value is -3.28. The van der Waals surface area contributed by atoms with Crippen LogP contribution in [0.25, 0.3) is 10.9 Å². The summed E-state index contributed by atoms with van der Waals surface area (Å²) >= 11 is 0. The van der Waals surface area contributed by atoms with E-state index in [9.17, 15) is 14.0 Å². The van der Waals surface area contributed by atoms with Crippen LogP contribution < -0.4 is 0 Å². The van der Waals surface area contributed by atoms with E-state index >= 15 is 0 Å². The highest BCUT2D eigenvalue weighted by Crippen LogP contribution is 2.40. The van der Waals surface area contributed by atoms with Gasteiger partial charge in [0.15, 0.2) is 0 Å². The molecule has 2 amide bonds. The lowest BCUT2D eigenvalue weighted by Gasteiger charge is -2.30. The van der Waals surface area contributed by atoms with Crippen molar-refractivity contribution in [1.82, 2.24) is 9.88 Å². The SMILES string of the molecule is O=C(C[C@H]1CC[C@@H](c2ccnc3ccc(F)cc32)CC1)N1C(=O)OC[C@H]1c1ccccc1. The van der Waals surface area contributed by atoms with Crippen molar-refractivity contribution in [1.29, 1.82) is 0 Å². The van der Waals surface area contributed by atoms with Crippen LogP contribution in [-0.2, 0) is 9.53 Å². The molecule has 32 heavy (non-hydrogen) atoms. The smallest absolute Gasteiger partial charge is 0.417 e. The minimum absolute atomic E-state index is 0.166. The summed E-state index contributed by atoms with van der Waals surface area (Å²) in [6.45, 7) is 0.201. The van der Waals surface area contributed by atoms with Gasteiger partial charge in [-0.3, -0.25) is 9.78 Å². The van der Waals surface area contributed by atoms with Crippen LogP contribution >= 0.6 is 0 Å². The van der Waals surface area contributed by atoms with E-state index in [1.54, 1.807) is 18.3 Å². The number of benzene rings is 2. The molecule has 1 atom stereocenters. The van der Waals surface area contributed by atoms with Gasteiger partial charge in [-0.1, -0.05) is 30.3 Å². The lowest BCUT2D eigenvalue weighted by molar-refractivity contribution is -0.130. The first-order chi connectivity index (χ1) is 15.6. The van der Waals surface area contributed by atoms with Crippen LogP contribution in [0, 0.1) is 11.7 Å². The van der Waals surface area contributed by atoms with Crippen molar-refractivity contribution in [3.63, 3.8) is 0 Å². The number of amides is 2. The second kappa shape index (κ2) is 8.69. The molecule has 0 bridgehead atoms. The highest BCUT2D eigenvalue weighted by atomic mass is 19.1. The molecule has 1 aliphatic heterocycles. The number of rotatable bonds is 4. The molecule has 1 saturated carbocycles. The molecule has 2 fully saturated rings. The zero-order chi connectivity index (χ0) is 22.1. The summed E-state index contributed by atoms with van der Waals surface area (Å²) in [4.78, 5) is 31.0. The van der Waals surface area contributed by atoms with Gasteiger partial charge in [0.25, 0.3) is 0 Å². The lowest BCUT2D eigenvalue weighted by atomic mass is 9.76. The molecular weight excluding hydrogens is 407 g/mol. The third-order valence-corrected chi connectivity index (χ3v) is 6.81. The highest BCUT2D eigenvalue weighted by molar-refractivity contribution is 5.93. The number of hydrogen-bond acceptors (Lipinski definition) is 4. The van der Waals surface area contributed by atoms with Gasteiger partial charge in [-0.15, -0.1) is 0 Å². The number of nitrogens with zero attached hydrogens (tertiary/aromatic N) is 2. The molecule has 164 valence electrons. The summed E-state index contributed by atoms with van der Waals surface area (Å²) in [7, 11) is 0. The molecule has 0 unspecified atom stereocenters. The average Bonchev–Trinajstić information content (AvgIpc) is 3.21. The van der Waals surface area contributed by atoms with E-state index in [4.69, 9.17) is 4.74 Å². The van der Waals surface area contributed by atoms with Crippen molar-refractivity contribution in [2.45, 2.75) is 44.1 Å². The van der Waals surface area contributed by atoms with E-state index in [-0.39, 0.29) is 30.3 Å². The van der Waals surface area contributed by atoms with E-state index in [1.165, 1.54) is 11.0 Å². The van der Waals surface area contributed by atoms with Gasteiger partial charge in [0, 0.05) is 18.0 Å². The predicted molar refractivity (Wildman–Crippen MR) is 118 cm³/mol. The maximum atomic E-state index is 13.8. The Morgan fingerprint density at radius 1 is 1.06 bits per heavy atom. The van der Waals surface area contributed by atoms with Crippen molar-refractivity contribution in [2.24, 2.45) is 5.92 Å². The number of cyclic esters (lactones) is 1. The summed E-state index contributed by atoms with van der Waals surface area (Å²) in [5.74, 6) is 0.133. The van der Waals surface area contributed by atoms with Crippen LogP contribution in [0.2, 0.25) is 0 Å². The molecule has 0 N–H and O–H groups in total. The van der Waals surface area contributed by atoms with Gasteiger partial charge >= 0.3 is 6.09 Å². The second-order valence-corrected chi connectivity index (χ2v) is 8.75. The molecule has 2 aromatic carbocycles. The first-order valence-electron chi connectivity index (χ1n) is 11.2. The number of carbonyl (C=O) groups excluding carboxylic acids is 2. The summed E-state index contributed by atoms with van der Waals surface area (Å²) in [6.07, 6.45) is 5.23. The number of fused-ring (bicyclic) bond motifs is 1. The molecule has 3 aromatic rings. The fourth-order valence-corrected chi connectivity index (χ4v) is 5.14. The standard InChI is InChI=1S/C26H25FN2O3/c27-20-10-11-23-22(15-20)21(12-13-28-23)18-8-6-17(7-9-18)14-25(30)29-24(16-32-26(29)31)19-4-2-1-3-5-19/h1-5,10-13,15,17-18,24H,6-9,14,16H2/t17-,18+,24-/m0/s1. The van der Waals surface area contributed by atoms with Crippen LogP contribution in [0.4, 0.5) is 9.18 Å². The number of imide groups is 1. The summed E-state index contributed by atoms with van der Waals surface area (Å²) in [6, 6.07) is 15.9. The zero-order valence-corrected chi connectivity index (χ0v) is 17.7. The van der Waals surface area contributed by atoms with E-state index < -0.39 is 6.09 Å². The third-order valence-electron chi connectivity index (χ3n) is 6.81. The van der Waals surface area contributed by atoms with Crippen LogP contribution in [0.5, 0.6) is 0 Å². The number of ether oxygens (including phenoxy) is 1. The van der Waals surface area contributed by atoms with Crippen LogP contribution in [0.15, 0.2) is 60.8 Å². The first kappa shape index (κ1) is 20.6. The van der Waals surface area contributed by atoms with Gasteiger partial charge in [0.1, 0.15) is 18.5 Å². The van der Waals surface area contributed by atoms with E-state index in [1.807, 2.05) is 36.4 Å². The Kier molecular flexibility index (Phi) is 5.60. The monoisotopic (exact) mass is 432 g/mol. The third kappa shape index (κ3) is 3.97. The normalized spacial score (nSPS) is 23.3. The molecular formula is C26H25FN2O3. The van der Waals surface area contributed by atoms with E-state index in [0.717, 1.165) is 47.7 Å². The summed E-state index contributed by atoms with van der Waals surface area (Å²) in [5.41, 5.74) is 2.85. The van der Waals surface area contributed by atoms with Crippen molar-refractivity contribution in [3.8, 4) is 0 Å². The molecule has 2 aliphatic rings. The van der Waals surface area contributed by atoms with E-state index in [0.29, 0.717) is 12.3 Å². The minimum Gasteiger partial charge on any atom is -0.446 e. The summed E-state index contributed by atoms with van der Waals surface area (Å²) < 4.78 is 19.0. The number of hydrogen-bond donors (Lipinski definition) is 0. The Balaban J connectivity index is 1.25. The van der Waals surface area contributed by atoms with Gasteiger partial charge in [0.2, 0.25) is 5.91 Å². The second-order valence-electron chi connectivity index (χ2n) is 8.75. The lowest BCUT2D eigenvalue weighted by Crippen LogP contribution is -2.35. The number of aromatic nitrogens is 1. The molecule has 5 nitrogen and oxygen atoms in total. The van der Waals surface area contributed by atoms with Crippen LogP contribution in [0.3, 0.4) is 0 Å². The van der Waals surface area contributed by atoms with Gasteiger partial charge < -0.3 is 4.74 Å².